The van der Waals surface area contributed by atoms with E-state index in [-0.39, 0.29) is 12.5 Å². The second kappa shape index (κ2) is 5.92. The van der Waals surface area contributed by atoms with E-state index in [0.29, 0.717) is 0 Å². The van der Waals surface area contributed by atoms with Crippen molar-refractivity contribution < 1.29 is 13.6 Å². The van der Waals surface area contributed by atoms with Gasteiger partial charge in [-0.1, -0.05) is 30.3 Å². The molecule has 6 heteroatoms. The van der Waals surface area contributed by atoms with Gasteiger partial charge in [-0.15, -0.1) is 0 Å². The molecule has 0 aliphatic rings. The van der Waals surface area contributed by atoms with Crippen LogP contribution >= 0.6 is 0 Å². The molecule has 0 spiro atoms. The Morgan fingerprint density at radius 3 is 2.53 bits per heavy atom. The van der Waals surface area contributed by atoms with Gasteiger partial charge in [0, 0.05) is 24.5 Å². The molecule has 2 rings (SSSR count). The summed E-state index contributed by atoms with van der Waals surface area (Å²) in [6.07, 6.45) is 0. The van der Waals surface area contributed by atoms with E-state index in [1.165, 1.54) is 6.92 Å². The number of nitrogens with one attached hydrogen (secondary N) is 2. The number of fused-ring (bicyclic) bond motifs is 1. The van der Waals surface area contributed by atoms with E-state index in [1.807, 2.05) is 30.3 Å². The summed E-state index contributed by atoms with van der Waals surface area (Å²) in [6.45, 7) is 1.74. The van der Waals surface area contributed by atoms with Crippen LogP contribution in [0.2, 0.25) is 0 Å². The van der Waals surface area contributed by atoms with E-state index in [4.69, 9.17) is 4.55 Å². The zero-order chi connectivity index (χ0) is 13.8. The van der Waals surface area contributed by atoms with Crippen molar-refractivity contribution in [1.29, 1.82) is 0 Å². The lowest BCUT2D eigenvalue weighted by Gasteiger charge is -2.11. The van der Waals surface area contributed by atoms with Gasteiger partial charge in [0.2, 0.25) is 17.2 Å². The van der Waals surface area contributed by atoms with Gasteiger partial charge in [-0.25, -0.2) is 8.93 Å². The van der Waals surface area contributed by atoms with Crippen molar-refractivity contribution in [3.05, 3.63) is 42.0 Å². The third-order valence-corrected chi connectivity index (χ3v) is 3.10. The average Bonchev–Trinajstić information content (AvgIpc) is 2.37. The smallest absolute Gasteiger partial charge is 0.232 e. The Morgan fingerprint density at radius 1 is 1.21 bits per heavy atom. The number of hydrogen-bond donors (Lipinski definition) is 3. The Labute approximate surface area is 113 Å². The molecule has 0 aromatic heterocycles. The highest BCUT2D eigenvalue weighted by Crippen LogP contribution is 2.26. The molecule has 0 aliphatic heterocycles. The van der Waals surface area contributed by atoms with Gasteiger partial charge in [0.05, 0.1) is 0 Å². The molecule has 5 nitrogen and oxygen atoms in total. The average molecular weight is 278 g/mol. The number of anilines is 1. The van der Waals surface area contributed by atoms with Crippen molar-refractivity contribution in [2.75, 3.05) is 5.32 Å². The SMILES string of the molecule is CC(=O)Nc1ccc(CNS(=O)O)c2ccccc12. The van der Waals surface area contributed by atoms with Gasteiger partial charge in [0.25, 0.3) is 0 Å². The molecule has 2 aromatic carbocycles. The molecule has 0 fully saturated rings. The van der Waals surface area contributed by atoms with E-state index in [0.717, 1.165) is 22.0 Å². The van der Waals surface area contributed by atoms with Gasteiger partial charge >= 0.3 is 0 Å². The van der Waals surface area contributed by atoms with E-state index in [9.17, 15) is 9.00 Å². The molecule has 2 aromatic rings. The summed E-state index contributed by atoms with van der Waals surface area (Å²) in [4.78, 5) is 11.2. The van der Waals surface area contributed by atoms with E-state index in [1.54, 1.807) is 6.07 Å². The van der Waals surface area contributed by atoms with Crippen molar-refractivity contribution in [3.63, 3.8) is 0 Å². The van der Waals surface area contributed by atoms with Crippen LogP contribution in [0.4, 0.5) is 5.69 Å². The molecule has 0 radical (unpaired) electrons. The molecule has 0 aliphatic carbocycles. The predicted octanol–water partition coefficient (Wildman–Crippen LogP) is 2.02. The monoisotopic (exact) mass is 278 g/mol. The summed E-state index contributed by atoms with van der Waals surface area (Å²) in [5.74, 6) is -0.132. The summed E-state index contributed by atoms with van der Waals surface area (Å²) in [5.41, 5.74) is 1.63. The predicted molar refractivity (Wildman–Crippen MR) is 75.9 cm³/mol. The van der Waals surface area contributed by atoms with E-state index in [2.05, 4.69) is 10.0 Å². The Kier molecular flexibility index (Phi) is 4.26. The first kappa shape index (κ1) is 13.7. The highest BCUT2D eigenvalue weighted by molar-refractivity contribution is 7.77. The Morgan fingerprint density at radius 2 is 1.89 bits per heavy atom. The second-order valence-electron chi connectivity index (χ2n) is 4.07. The summed E-state index contributed by atoms with van der Waals surface area (Å²) in [5, 5.41) is 4.61. The first-order valence-corrected chi connectivity index (χ1v) is 6.81. The van der Waals surface area contributed by atoms with Crippen molar-refractivity contribution in [1.82, 2.24) is 4.72 Å². The van der Waals surface area contributed by atoms with Crippen molar-refractivity contribution in [2.24, 2.45) is 0 Å². The highest BCUT2D eigenvalue weighted by atomic mass is 32.2. The van der Waals surface area contributed by atoms with Crippen molar-refractivity contribution >= 4 is 33.6 Å². The molecule has 0 bridgehead atoms. The van der Waals surface area contributed by atoms with Gasteiger partial charge in [0.15, 0.2) is 0 Å². The molecule has 0 saturated carbocycles. The third kappa shape index (κ3) is 3.37. The minimum absolute atomic E-state index is 0.132. The molecule has 1 unspecified atom stereocenters. The third-order valence-electron chi connectivity index (χ3n) is 2.71. The van der Waals surface area contributed by atoms with Crippen LogP contribution in [-0.2, 0) is 22.6 Å². The molecule has 1 atom stereocenters. The lowest BCUT2D eigenvalue weighted by Crippen LogP contribution is -2.15. The van der Waals surface area contributed by atoms with Crippen molar-refractivity contribution in [3.8, 4) is 0 Å². The summed E-state index contributed by atoms with van der Waals surface area (Å²) in [7, 11) is 0. The van der Waals surface area contributed by atoms with Crippen LogP contribution in [0.1, 0.15) is 12.5 Å². The number of rotatable bonds is 4. The normalized spacial score (nSPS) is 12.3. The van der Waals surface area contributed by atoms with Crippen LogP contribution in [0.25, 0.3) is 10.8 Å². The molecule has 3 N–H and O–H groups in total. The quantitative estimate of drug-likeness (QED) is 0.749. The summed E-state index contributed by atoms with van der Waals surface area (Å²) in [6, 6.07) is 11.2. The number of amides is 1. The van der Waals surface area contributed by atoms with Crippen LogP contribution in [0, 0.1) is 0 Å². The standard InChI is InChI=1S/C13H14N2O3S/c1-9(16)15-13-7-6-10(8-14-19(17)18)11-4-2-3-5-12(11)13/h2-7,14H,8H2,1H3,(H,15,16)(H,17,18). The minimum atomic E-state index is -2.04. The van der Waals surface area contributed by atoms with Crippen LogP contribution in [0.3, 0.4) is 0 Å². The highest BCUT2D eigenvalue weighted by Gasteiger charge is 2.07. The van der Waals surface area contributed by atoms with Crippen LogP contribution in [-0.4, -0.2) is 14.7 Å². The summed E-state index contributed by atoms with van der Waals surface area (Å²) < 4.78 is 21.9. The Bertz CT molecular complexity index is 643. The maximum Gasteiger partial charge on any atom is 0.232 e. The Balaban J connectivity index is 2.45. The van der Waals surface area contributed by atoms with Gasteiger partial charge in [0.1, 0.15) is 0 Å². The lowest BCUT2D eigenvalue weighted by molar-refractivity contribution is -0.114. The maximum atomic E-state index is 11.2. The van der Waals surface area contributed by atoms with E-state index < -0.39 is 11.3 Å². The Hall–Kier alpha value is -1.76. The fourth-order valence-electron chi connectivity index (χ4n) is 1.95. The summed E-state index contributed by atoms with van der Waals surface area (Å²) >= 11 is -2.04. The zero-order valence-corrected chi connectivity index (χ0v) is 11.2. The molecule has 0 saturated heterocycles. The first-order chi connectivity index (χ1) is 9.08. The van der Waals surface area contributed by atoms with Crippen LogP contribution in [0.15, 0.2) is 36.4 Å². The zero-order valence-electron chi connectivity index (χ0n) is 10.3. The molecular weight excluding hydrogens is 264 g/mol. The van der Waals surface area contributed by atoms with Crippen molar-refractivity contribution in [2.45, 2.75) is 13.5 Å². The number of hydrogen-bond acceptors (Lipinski definition) is 2. The molecule has 1 amide bonds. The molecule has 0 heterocycles. The second-order valence-corrected chi connectivity index (χ2v) is 4.86. The molecule has 100 valence electrons. The fraction of sp³-hybridized carbons (Fsp3) is 0.154. The molecule has 19 heavy (non-hydrogen) atoms. The first-order valence-electron chi connectivity index (χ1n) is 5.70. The largest absolute Gasteiger partial charge is 0.326 e. The van der Waals surface area contributed by atoms with E-state index >= 15 is 0 Å². The number of benzene rings is 2. The topological polar surface area (TPSA) is 78.4 Å². The molecular formula is C13H14N2O3S. The lowest BCUT2D eigenvalue weighted by atomic mass is 10.0. The number of carbonyl (C=O) groups excluding carboxylic acids is 1. The van der Waals surface area contributed by atoms with Crippen LogP contribution < -0.4 is 10.0 Å². The van der Waals surface area contributed by atoms with Gasteiger partial charge in [-0.3, -0.25) is 9.35 Å². The fourth-order valence-corrected chi connectivity index (χ4v) is 2.23. The van der Waals surface area contributed by atoms with Crippen LogP contribution in [0.5, 0.6) is 0 Å². The van der Waals surface area contributed by atoms with Gasteiger partial charge < -0.3 is 5.32 Å². The minimum Gasteiger partial charge on any atom is -0.326 e. The van der Waals surface area contributed by atoms with Gasteiger partial charge in [-0.2, -0.15) is 0 Å². The maximum absolute atomic E-state index is 11.2. The van der Waals surface area contributed by atoms with Gasteiger partial charge in [-0.05, 0) is 17.0 Å². The number of carbonyl (C=O) groups is 1.